The Labute approximate surface area is 41.3 Å². The molecule has 0 spiro atoms. The minimum Gasteiger partial charge on any atom is -0.198 e. The van der Waals surface area contributed by atoms with E-state index in [1.165, 1.54) is 0 Å². The highest BCUT2D eigenvalue weighted by atomic mass is 32.2. The monoisotopic (exact) mass is 98.0 g/mol. The van der Waals surface area contributed by atoms with Gasteiger partial charge in [-0.05, 0) is 0 Å². The molecule has 0 N–H and O–H groups in total. The van der Waals surface area contributed by atoms with Gasteiger partial charge in [-0.25, -0.2) is 0 Å². The van der Waals surface area contributed by atoms with E-state index in [2.05, 4.69) is 6.07 Å². The van der Waals surface area contributed by atoms with E-state index in [0.717, 1.165) is 17.4 Å². The Balaban J connectivity index is 2.22. The maximum absolute atomic E-state index is 8.09. The molecule has 0 aromatic carbocycles. The Morgan fingerprint density at radius 2 is 2.33 bits per heavy atom. The number of thioether (sulfide) groups is 1. The van der Waals surface area contributed by atoms with Crippen molar-refractivity contribution < 1.29 is 0 Å². The number of rotatable bonds is 0. The second-order valence-electron chi connectivity index (χ2n) is 1.21. The van der Waals surface area contributed by atoms with Gasteiger partial charge in [0.15, 0.2) is 0 Å². The molecule has 0 aromatic heterocycles. The summed E-state index contributed by atoms with van der Waals surface area (Å²) < 4.78 is 0. The minimum atomic E-state index is 0.983. The highest BCUT2D eigenvalue weighted by molar-refractivity contribution is 8.01. The van der Waals surface area contributed by atoms with Crippen molar-refractivity contribution >= 4 is 11.8 Å². The van der Waals surface area contributed by atoms with Crippen molar-refractivity contribution in [3.8, 4) is 6.07 Å². The van der Waals surface area contributed by atoms with Gasteiger partial charge in [-0.15, -0.1) is 0 Å². The molecule has 1 aliphatic rings. The Morgan fingerprint density at radius 1 is 1.67 bits per heavy atom. The quantitative estimate of drug-likeness (QED) is 0.448. The first-order valence-electron chi connectivity index (χ1n) is 1.76. The van der Waals surface area contributed by atoms with Crippen molar-refractivity contribution in [2.45, 2.75) is 0 Å². The van der Waals surface area contributed by atoms with E-state index in [1.807, 2.05) is 11.8 Å². The average molecular weight is 98.1 g/mol. The van der Waals surface area contributed by atoms with E-state index in [0.29, 0.717) is 0 Å². The third kappa shape index (κ3) is 0.504. The maximum Gasteiger partial charge on any atom is 0.0955 e. The predicted molar refractivity (Wildman–Crippen MR) is 26.2 cm³/mol. The molecule has 31 valence electrons. The van der Waals surface area contributed by atoms with Crippen molar-refractivity contribution in [1.29, 1.82) is 5.26 Å². The van der Waals surface area contributed by atoms with E-state index in [1.54, 1.807) is 0 Å². The molecule has 1 rings (SSSR count). The zero-order valence-corrected chi connectivity index (χ0v) is 4.09. The molecule has 0 saturated carbocycles. The van der Waals surface area contributed by atoms with E-state index in [9.17, 15) is 0 Å². The number of nitriles is 1. The minimum absolute atomic E-state index is 0.983. The molecule has 0 aromatic rings. The first-order chi connectivity index (χ1) is 2.93. The van der Waals surface area contributed by atoms with E-state index in [4.69, 9.17) is 5.26 Å². The van der Waals surface area contributed by atoms with E-state index >= 15 is 0 Å². The van der Waals surface area contributed by atoms with Gasteiger partial charge in [0.1, 0.15) is 0 Å². The Morgan fingerprint density at radius 3 is 2.33 bits per heavy atom. The molecule has 1 nitrogen and oxygen atoms in total. The molecular formula is C4H4NS. The van der Waals surface area contributed by atoms with Crippen LogP contribution in [0.15, 0.2) is 0 Å². The fourth-order valence-electron chi connectivity index (χ4n) is 0.269. The predicted octanol–water partition coefficient (Wildman–Crippen LogP) is 0.831. The zero-order valence-electron chi connectivity index (χ0n) is 3.27. The second kappa shape index (κ2) is 1.53. The van der Waals surface area contributed by atoms with Gasteiger partial charge < -0.3 is 0 Å². The summed E-state index contributed by atoms with van der Waals surface area (Å²) in [6.07, 6.45) is 0. The first-order valence-corrected chi connectivity index (χ1v) is 2.91. The number of hydrogen-bond acceptors (Lipinski definition) is 2. The van der Waals surface area contributed by atoms with Gasteiger partial charge in [-0.2, -0.15) is 17.0 Å². The molecule has 1 radical (unpaired) electrons. The summed E-state index contributed by atoms with van der Waals surface area (Å²) in [5.41, 5.74) is 0. The molecule has 0 amide bonds. The molecule has 1 aliphatic heterocycles. The molecule has 1 heterocycles. The van der Waals surface area contributed by atoms with Crippen molar-refractivity contribution in [2.24, 2.45) is 0 Å². The van der Waals surface area contributed by atoms with Crippen LogP contribution >= 0.6 is 11.8 Å². The van der Waals surface area contributed by atoms with Gasteiger partial charge in [-0.3, -0.25) is 0 Å². The maximum atomic E-state index is 8.09. The molecule has 0 bridgehead atoms. The fraction of sp³-hybridized carbons (Fsp3) is 0.500. The molecule has 0 atom stereocenters. The van der Waals surface area contributed by atoms with Crippen LogP contribution in [-0.4, -0.2) is 11.5 Å². The first kappa shape index (κ1) is 4.01. The Kier molecular flexibility index (Phi) is 1.02. The van der Waals surface area contributed by atoms with Crippen LogP contribution < -0.4 is 0 Å². The smallest absolute Gasteiger partial charge is 0.0955 e. The van der Waals surface area contributed by atoms with Crippen LogP contribution in [0.1, 0.15) is 0 Å². The van der Waals surface area contributed by atoms with Crippen molar-refractivity contribution in [1.82, 2.24) is 0 Å². The summed E-state index contributed by atoms with van der Waals surface area (Å²) in [6, 6.07) is 2.10. The van der Waals surface area contributed by atoms with Crippen molar-refractivity contribution in [3.63, 3.8) is 0 Å². The molecule has 1 fully saturated rings. The average Bonchev–Trinajstić information content (AvgIpc) is 1.31. The lowest BCUT2D eigenvalue weighted by Crippen LogP contribution is -2.11. The summed E-state index contributed by atoms with van der Waals surface area (Å²) in [5, 5.41) is 8.09. The van der Waals surface area contributed by atoms with Crippen LogP contribution in [0.5, 0.6) is 0 Å². The standard InChI is InChI=1S/C4H4NS/c5-1-4-2-6-3-4/h2-3H2. The van der Waals surface area contributed by atoms with E-state index in [-0.39, 0.29) is 0 Å². The summed E-state index contributed by atoms with van der Waals surface area (Å²) in [5.74, 6) is 3.01. The van der Waals surface area contributed by atoms with Gasteiger partial charge in [0, 0.05) is 11.5 Å². The van der Waals surface area contributed by atoms with Crippen LogP contribution in [0.2, 0.25) is 0 Å². The van der Waals surface area contributed by atoms with Gasteiger partial charge in [0.05, 0.1) is 12.0 Å². The molecule has 1 saturated heterocycles. The Bertz CT molecular complexity index is 80.0. The van der Waals surface area contributed by atoms with Crippen molar-refractivity contribution in [2.75, 3.05) is 11.5 Å². The van der Waals surface area contributed by atoms with Gasteiger partial charge >= 0.3 is 0 Å². The van der Waals surface area contributed by atoms with Crippen LogP contribution in [0.3, 0.4) is 0 Å². The lowest BCUT2D eigenvalue weighted by Gasteiger charge is -2.14. The molecule has 0 unspecified atom stereocenters. The van der Waals surface area contributed by atoms with Crippen LogP contribution in [-0.2, 0) is 0 Å². The van der Waals surface area contributed by atoms with Crippen LogP contribution in [0.4, 0.5) is 0 Å². The lowest BCUT2D eigenvalue weighted by atomic mass is 10.2. The van der Waals surface area contributed by atoms with Gasteiger partial charge in [0.25, 0.3) is 0 Å². The summed E-state index contributed by atoms with van der Waals surface area (Å²) in [7, 11) is 0. The zero-order chi connectivity index (χ0) is 4.41. The lowest BCUT2D eigenvalue weighted by molar-refractivity contribution is 1.18. The number of hydrogen-bond donors (Lipinski definition) is 0. The molecule has 0 aliphatic carbocycles. The van der Waals surface area contributed by atoms with Crippen LogP contribution in [0, 0.1) is 17.2 Å². The molecular weight excluding hydrogens is 94.1 g/mol. The number of nitrogens with zero attached hydrogens (tertiary/aromatic N) is 1. The highest BCUT2D eigenvalue weighted by Crippen LogP contribution is 2.24. The third-order valence-corrected chi connectivity index (χ3v) is 1.82. The van der Waals surface area contributed by atoms with E-state index < -0.39 is 0 Å². The summed E-state index contributed by atoms with van der Waals surface area (Å²) >= 11 is 1.81. The topological polar surface area (TPSA) is 23.8 Å². The second-order valence-corrected chi connectivity index (χ2v) is 2.19. The normalized spacial score (nSPS) is 21.8. The largest absolute Gasteiger partial charge is 0.198 e. The SMILES string of the molecule is N#C[C]1CSC1. The van der Waals surface area contributed by atoms with Gasteiger partial charge in [0.2, 0.25) is 0 Å². The van der Waals surface area contributed by atoms with Crippen LogP contribution in [0.25, 0.3) is 0 Å². The molecule has 2 heteroatoms. The highest BCUT2D eigenvalue weighted by Gasteiger charge is 2.16. The molecule has 6 heavy (non-hydrogen) atoms. The van der Waals surface area contributed by atoms with Crippen molar-refractivity contribution in [3.05, 3.63) is 5.92 Å². The fourth-order valence-corrected chi connectivity index (χ4v) is 0.806. The summed E-state index contributed by atoms with van der Waals surface area (Å²) in [4.78, 5) is 0. The van der Waals surface area contributed by atoms with Gasteiger partial charge in [-0.1, -0.05) is 0 Å². The third-order valence-electron chi connectivity index (χ3n) is 0.711. The Hall–Kier alpha value is -0.160. The summed E-state index contributed by atoms with van der Waals surface area (Å²) in [6.45, 7) is 0.